The fourth-order valence-corrected chi connectivity index (χ4v) is 0.708. The van der Waals surface area contributed by atoms with E-state index in [0.29, 0.717) is 19.3 Å². The Hall–Kier alpha value is -0.520. The molecule has 0 amide bonds. The van der Waals surface area contributed by atoms with Gasteiger partial charge in [-0.15, -0.1) is 0 Å². The third kappa shape index (κ3) is 2.38. The van der Waals surface area contributed by atoms with Crippen molar-refractivity contribution < 1.29 is 9.47 Å². The van der Waals surface area contributed by atoms with E-state index in [4.69, 9.17) is 9.47 Å². The van der Waals surface area contributed by atoms with Gasteiger partial charge in [-0.1, -0.05) is 11.8 Å². The molecule has 0 N–H and O–H groups in total. The van der Waals surface area contributed by atoms with Gasteiger partial charge in [-0.3, -0.25) is 0 Å². The smallest absolute Gasteiger partial charge is 0.107 e. The highest BCUT2D eigenvalue weighted by Crippen LogP contribution is 2.10. The van der Waals surface area contributed by atoms with Crippen molar-refractivity contribution in [2.75, 3.05) is 19.8 Å². The summed E-state index contributed by atoms with van der Waals surface area (Å²) in [4.78, 5) is 0. The van der Waals surface area contributed by atoms with Crippen LogP contribution in [0.25, 0.3) is 0 Å². The van der Waals surface area contributed by atoms with Crippen molar-refractivity contribution in [1.29, 1.82) is 0 Å². The molecule has 55 valence electrons. The minimum absolute atomic E-state index is 0.326. The van der Waals surface area contributed by atoms with E-state index in [9.17, 15) is 0 Å². The summed E-state index contributed by atoms with van der Waals surface area (Å²) in [7, 11) is 0. The Morgan fingerprint density at radius 2 is 2.50 bits per heavy atom. The Labute approximate surface area is 61.5 Å². The summed E-state index contributed by atoms with van der Waals surface area (Å²) in [6, 6.07) is 0. The molecule has 1 aliphatic rings. The molecule has 1 radical (unpaired) electrons. The molecule has 0 saturated carbocycles. The molecule has 1 saturated heterocycles. The summed E-state index contributed by atoms with van der Waals surface area (Å²) in [5.41, 5.74) is 0. The molecule has 1 rings (SSSR count). The van der Waals surface area contributed by atoms with Gasteiger partial charge in [-0.05, 0) is 6.42 Å². The van der Waals surface area contributed by atoms with Crippen LogP contribution < -0.4 is 0 Å². The van der Waals surface area contributed by atoms with Crippen LogP contribution in [-0.2, 0) is 9.47 Å². The summed E-state index contributed by atoms with van der Waals surface area (Å²) < 4.78 is 10.3. The Morgan fingerprint density at radius 1 is 1.70 bits per heavy atom. The summed E-state index contributed by atoms with van der Waals surface area (Å²) in [6.07, 6.45) is 1.45. The lowest BCUT2D eigenvalue weighted by molar-refractivity contribution is -0.0896. The van der Waals surface area contributed by atoms with Gasteiger partial charge in [0.1, 0.15) is 6.61 Å². The Kier molecular flexibility index (Phi) is 3.28. The molecular weight excluding hydrogens is 128 g/mol. The van der Waals surface area contributed by atoms with Gasteiger partial charge < -0.3 is 9.47 Å². The molecule has 1 heterocycles. The van der Waals surface area contributed by atoms with Gasteiger partial charge in [-0.25, -0.2) is 0 Å². The minimum Gasteiger partial charge on any atom is -0.376 e. The molecule has 0 bridgehead atoms. The molecule has 0 aromatic carbocycles. The van der Waals surface area contributed by atoms with Gasteiger partial charge in [-0.2, -0.15) is 0 Å². The SMILES string of the molecule is [CH2]C#CCOCC1CCO1. The monoisotopic (exact) mass is 139 g/mol. The maximum Gasteiger partial charge on any atom is 0.107 e. The lowest BCUT2D eigenvalue weighted by atomic mass is 10.2. The third-order valence-electron chi connectivity index (χ3n) is 1.40. The summed E-state index contributed by atoms with van der Waals surface area (Å²) >= 11 is 0. The van der Waals surface area contributed by atoms with Crippen LogP contribution in [0.15, 0.2) is 0 Å². The van der Waals surface area contributed by atoms with E-state index in [2.05, 4.69) is 18.8 Å². The molecular formula is C8H11O2. The molecule has 1 unspecified atom stereocenters. The largest absolute Gasteiger partial charge is 0.376 e. The van der Waals surface area contributed by atoms with E-state index in [1.165, 1.54) is 0 Å². The summed E-state index contributed by atoms with van der Waals surface area (Å²) in [6.45, 7) is 5.40. The summed E-state index contributed by atoms with van der Waals surface area (Å²) in [5.74, 6) is 5.22. The fourth-order valence-electron chi connectivity index (χ4n) is 0.708. The third-order valence-corrected chi connectivity index (χ3v) is 1.40. The predicted octanol–water partition coefficient (Wildman–Crippen LogP) is 0.629. The number of rotatable bonds is 3. The van der Waals surface area contributed by atoms with Gasteiger partial charge in [0.15, 0.2) is 0 Å². The second-order valence-corrected chi connectivity index (χ2v) is 2.15. The van der Waals surface area contributed by atoms with E-state index in [1.807, 2.05) is 0 Å². The van der Waals surface area contributed by atoms with Crippen molar-refractivity contribution in [3.63, 3.8) is 0 Å². The van der Waals surface area contributed by atoms with Crippen LogP contribution in [0.3, 0.4) is 0 Å². The van der Waals surface area contributed by atoms with Crippen molar-refractivity contribution >= 4 is 0 Å². The van der Waals surface area contributed by atoms with Crippen LogP contribution in [0, 0.1) is 18.8 Å². The van der Waals surface area contributed by atoms with Gasteiger partial charge >= 0.3 is 0 Å². The molecule has 1 aliphatic heterocycles. The number of ether oxygens (including phenoxy) is 2. The highest BCUT2D eigenvalue weighted by molar-refractivity contribution is 5.01. The van der Waals surface area contributed by atoms with E-state index in [-0.39, 0.29) is 0 Å². The quantitative estimate of drug-likeness (QED) is 0.421. The van der Waals surface area contributed by atoms with Gasteiger partial charge in [0.2, 0.25) is 0 Å². The van der Waals surface area contributed by atoms with Gasteiger partial charge in [0.25, 0.3) is 0 Å². The Bertz CT molecular complexity index is 139. The zero-order chi connectivity index (χ0) is 7.23. The lowest BCUT2D eigenvalue weighted by Gasteiger charge is -2.25. The predicted molar refractivity (Wildman–Crippen MR) is 38.3 cm³/mol. The maximum absolute atomic E-state index is 5.14. The zero-order valence-corrected chi connectivity index (χ0v) is 5.93. The highest BCUT2D eigenvalue weighted by atomic mass is 16.5. The Balaban J connectivity index is 1.88. The van der Waals surface area contributed by atoms with Crippen molar-refractivity contribution in [2.24, 2.45) is 0 Å². The van der Waals surface area contributed by atoms with E-state index < -0.39 is 0 Å². The van der Waals surface area contributed by atoms with E-state index >= 15 is 0 Å². The molecule has 1 fully saturated rings. The van der Waals surface area contributed by atoms with Crippen molar-refractivity contribution in [2.45, 2.75) is 12.5 Å². The van der Waals surface area contributed by atoms with E-state index in [0.717, 1.165) is 13.0 Å². The standard InChI is InChI=1S/C8H11O2/c1-2-3-5-9-7-8-4-6-10-8/h8H,1,4-7H2. The first kappa shape index (κ1) is 7.59. The molecule has 2 nitrogen and oxygen atoms in total. The highest BCUT2D eigenvalue weighted by Gasteiger charge is 2.17. The van der Waals surface area contributed by atoms with Crippen LogP contribution in [0.2, 0.25) is 0 Å². The molecule has 0 aromatic heterocycles. The van der Waals surface area contributed by atoms with Crippen LogP contribution >= 0.6 is 0 Å². The first-order valence-electron chi connectivity index (χ1n) is 3.38. The topological polar surface area (TPSA) is 18.5 Å². The molecule has 10 heavy (non-hydrogen) atoms. The average Bonchev–Trinajstić information content (AvgIpc) is 1.84. The maximum atomic E-state index is 5.14. The first-order valence-corrected chi connectivity index (χ1v) is 3.38. The molecule has 0 spiro atoms. The molecule has 2 heteroatoms. The van der Waals surface area contributed by atoms with Crippen molar-refractivity contribution in [1.82, 2.24) is 0 Å². The number of hydrogen-bond acceptors (Lipinski definition) is 2. The van der Waals surface area contributed by atoms with E-state index in [1.54, 1.807) is 0 Å². The molecule has 0 aromatic rings. The molecule has 0 aliphatic carbocycles. The van der Waals surface area contributed by atoms with Crippen LogP contribution in [0.1, 0.15) is 6.42 Å². The second kappa shape index (κ2) is 4.32. The molecule has 1 atom stereocenters. The zero-order valence-electron chi connectivity index (χ0n) is 5.93. The number of hydrogen-bond donors (Lipinski definition) is 0. The van der Waals surface area contributed by atoms with Crippen LogP contribution in [-0.4, -0.2) is 25.9 Å². The van der Waals surface area contributed by atoms with Crippen molar-refractivity contribution in [3.8, 4) is 11.8 Å². The van der Waals surface area contributed by atoms with Crippen LogP contribution in [0.4, 0.5) is 0 Å². The minimum atomic E-state index is 0.326. The lowest BCUT2D eigenvalue weighted by Crippen LogP contribution is -2.31. The summed E-state index contributed by atoms with van der Waals surface area (Å²) in [5, 5.41) is 0. The van der Waals surface area contributed by atoms with Crippen LogP contribution in [0.5, 0.6) is 0 Å². The fraction of sp³-hybridized carbons (Fsp3) is 0.625. The normalized spacial score (nSPS) is 22.7. The van der Waals surface area contributed by atoms with Crippen molar-refractivity contribution in [3.05, 3.63) is 6.92 Å². The van der Waals surface area contributed by atoms with Gasteiger partial charge in [0.05, 0.1) is 12.7 Å². The second-order valence-electron chi connectivity index (χ2n) is 2.15. The van der Waals surface area contributed by atoms with Gasteiger partial charge in [0, 0.05) is 13.5 Å². The average molecular weight is 139 g/mol. The first-order chi connectivity index (χ1) is 4.93. The Morgan fingerprint density at radius 3 is 3.00 bits per heavy atom.